The lowest BCUT2D eigenvalue weighted by molar-refractivity contribution is -0.118. The Morgan fingerprint density at radius 2 is 2.14 bits per heavy atom. The van der Waals surface area contributed by atoms with Crippen LogP contribution in [-0.2, 0) is 4.79 Å². The normalized spacial score (nSPS) is 12.1. The van der Waals surface area contributed by atoms with E-state index in [2.05, 4.69) is 20.5 Å². The molecule has 0 fully saturated rings. The van der Waals surface area contributed by atoms with E-state index in [4.69, 9.17) is 16.6 Å². The summed E-state index contributed by atoms with van der Waals surface area (Å²) in [5, 5.41) is 12.0. The van der Waals surface area contributed by atoms with E-state index in [0.717, 1.165) is 21.9 Å². The van der Waals surface area contributed by atoms with Gasteiger partial charge in [-0.15, -0.1) is 11.3 Å². The molecule has 1 amide bonds. The number of nitrogens with zero attached hydrogens (tertiary/aromatic N) is 3. The van der Waals surface area contributed by atoms with Gasteiger partial charge in [-0.3, -0.25) is 14.5 Å². The van der Waals surface area contributed by atoms with Crippen LogP contribution in [0.15, 0.2) is 46.2 Å². The van der Waals surface area contributed by atoms with Gasteiger partial charge in [-0.2, -0.15) is 5.10 Å². The zero-order valence-corrected chi connectivity index (χ0v) is 17.7. The van der Waals surface area contributed by atoms with Crippen molar-refractivity contribution in [3.8, 4) is 22.2 Å². The molecule has 1 unspecified atom stereocenters. The van der Waals surface area contributed by atoms with Crippen LogP contribution in [0.4, 0.5) is 5.69 Å². The van der Waals surface area contributed by atoms with Crippen LogP contribution in [0, 0.1) is 18.6 Å². The number of anilines is 1. The number of aromatic amines is 1. The maximum absolute atomic E-state index is 12.9. The standard InChI is InChI=1S/C20H19N5O2S2/c1-11-13(3)27-19(21-11)14-6-4-7-15(10-14)22-18(26)12(2)25-17(23-24-20(25)28)16-8-5-9-29-16/h4-10,12H,1-3H3,(H,22,26)(H,24,28). The van der Waals surface area contributed by atoms with Crippen molar-refractivity contribution < 1.29 is 9.21 Å². The molecular formula is C20H19N5O2S2. The lowest BCUT2D eigenvalue weighted by Crippen LogP contribution is -2.24. The van der Waals surface area contributed by atoms with Crippen LogP contribution in [0.1, 0.15) is 24.4 Å². The number of aromatic nitrogens is 4. The summed E-state index contributed by atoms with van der Waals surface area (Å²) in [5.41, 5.74) is 2.30. The molecule has 0 aliphatic rings. The van der Waals surface area contributed by atoms with Gasteiger partial charge in [0.25, 0.3) is 0 Å². The second-order valence-electron chi connectivity index (χ2n) is 6.61. The summed E-state index contributed by atoms with van der Waals surface area (Å²) in [6.07, 6.45) is 0. The van der Waals surface area contributed by atoms with E-state index >= 15 is 0 Å². The van der Waals surface area contributed by atoms with Gasteiger partial charge in [-0.1, -0.05) is 12.1 Å². The van der Waals surface area contributed by atoms with Crippen molar-refractivity contribution in [2.45, 2.75) is 26.8 Å². The second-order valence-corrected chi connectivity index (χ2v) is 7.94. The van der Waals surface area contributed by atoms with Gasteiger partial charge in [0.2, 0.25) is 11.8 Å². The number of carbonyl (C=O) groups excluding carboxylic acids is 1. The van der Waals surface area contributed by atoms with Crippen LogP contribution in [0.25, 0.3) is 22.2 Å². The number of aryl methyl sites for hydroxylation is 2. The molecule has 0 radical (unpaired) electrons. The summed E-state index contributed by atoms with van der Waals surface area (Å²) in [6.45, 7) is 5.57. The molecule has 0 saturated heterocycles. The highest BCUT2D eigenvalue weighted by molar-refractivity contribution is 7.71. The molecule has 3 aromatic heterocycles. The van der Waals surface area contributed by atoms with Crippen molar-refractivity contribution >= 4 is 35.1 Å². The molecule has 9 heteroatoms. The zero-order valence-electron chi connectivity index (χ0n) is 16.1. The Balaban J connectivity index is 1.58. The minimum absolute atomic E-state index is 0.197. The molecule has 4 aromatic rings. The number of nitrogens with one attached hydrogen (secondary N) is 2. The molecule has 148 valence electrons. The molecule has 2 N–H and O–H groups in total. The van der Waals surface area contributed by atoms with E-state index in [9.17, 15) is 4.79 Å². The Kier molecular flexibility index (Phi) is 5.16. The number of H-pyrrole nitrogens is 1. The minimum atomic E-state index is -0.548. The van der Waals surface area contributed by atoms with Crippen LogP contribution >= 0.6 is 23.6 Å². The van der Waals surface area contributed by atoms with Crippen LogP contribution < -0.4 is 5.32 Å². The molecule has 29 heavy (non-hydrogen) atoms. The van der Waals surface area contributed by atoms with Crippen molar-refractivity contribution in [3.05, 3.63) is 58.0 Å². The van der Waals surface area contributed by atoms with E-state index in [0.29, 0.717) is 22.2 Å². The van der Waals surface area contributed by atoms with Gasteiger partial charge in [0.15, 0.2) is 10.6 Å². The van der Waals surface area contributed by atoms with Gasteiger partial charge in [-0.05, 0) is 62.6 Å². The van der Waals surface area contributed by atoms with Gasteiger partial charge in [0, 0.05) is 11.3 Å². The number of oxazole rings is 1. The molecule has 3 heterocycles. The number of rotatable bonds is 5. The van der Waals surface area contributed by atoms with Crippen molar-refractivity contribution in [2.75, 3.05) is 5.32 Å². The Bertz CT molecular complexity index is 1200. The van der Waals surface area contributed by atoms with Crippen LogP contribution in [0.5, 0.6) is 0 Å². The van der Waals surface area contributed by atoms with E-state index in [1.165, 1.54) is 0 Å². The predicted octanol–water partition coefficient (Wildman–Crippen LogP) is 5.14. The highest BCUT2D eigenvalue weighted by atomic mass is 32.1. The van der Waals surface area contributed by atoms with Crippen molar-refractivity contribution in [2.24, 2.45) is 0 Å². The monoisotopic (exact) mass is 425 g/mol. The number of carbonyl (C=O) groups is 1. The lowest BCUT2D eigenvalue weighted by Gasteiger charge is -2.15. The first-order chi connectivity index (χ1) is 13.9. The molecule has 4 rings (SSSR count). The van der Waals surface area contributed by atoms with Crippen molar-refractivity contribution in [1.82, 2.24) is 19.7 Å². The number of hydrogen-bond donors (Lipinski definition) is 2. The smallest absolute Gasteiger partial charge is 0.247 e. The Labute approximate surface area is 176 Å². The van der Waals surface area contributed by atoms with E-state index in [-0.39, 0.29) is 5.91 Å². The fourth-order valence-electron chi connectivity index (χ4n) is 2.93. The molecule has 0 aliphatic heterocycles. The third-order valence-electron chi connectivity index (χ3n) is 4.62. The number of amides is 1. The summed E-state index contributed by atoms with van der Waals surface area (Å²) >= 11 is 6.90. The van der Waals surface area contributed by atoms with Crippen LogP contribution in [0.2, 0.25) is 0 Å². The summed E-state index contributed by atoms with van der Waals surface area (Å²) in [6, 6.07) is 10.7. The fraction of sp³-hybridized carbons (Fsp3) is 0.200. The van der Waals surface area contributed by atoms with Crippen molar-refractivity contribution in [1.29, 1.82) is 0 Å². The SMILES string of the molecule is Cc1nc(-c2cccc(NC(=O)C(C)n3c(-c4cccs4)n[nH]c3=S)c2)oc1C. The Hall–Kier alpha value is -3.04. The average Bonchev–Trinajstić information content (AvgIpc) is 3.42. The number of hydrogen-bond acceptors (Lipinski definition) is 6. The third-order valence-corrected chi connectivity index (χ3v) is 5.77. The molecular weight excluding hydrogens is 406 g/mol. The highest BCUT2D eigenvalue weighted by Crippen LogP contribution is 2.27. The molecule has 1 aromatic carbocycles. The Morgan fingerprint density at radius 3 is 2.83 bits per heavy atom. The lowest BCUT2D eigenvalue weighted by atomic mass is 10.2. The van der Waals surface area contributed by atoms with Gasteiger partial charge >= 0.3 is 0 Å². The molecule has 1 atom stereocenters. The van der Waals surface area contributed by atoms with Gasteiger partial charge in [0.05, 0.1) is 10.6 Å². The number of thiophene rings is 1. The molecule has 0 bridgehead atoms. The van der Waals surface area contributed by atoms with E-state index < -0.39 is 6.04 Å². The van der Waals surface area contributed by atoms with Gasteiger partial charge in [-0.25, -0.2) is 4.98 Å². The topological polar surface area (TPSA) is 88.7 Å². The van der Waals surface area contributed by atoms with E-state index in [1.807, 2.05) is 55.6 Å². The second kappa shape index (κ2) is 7.76. The predicted molar refractivity (Wildman–Crippen MR) is 115 cm³/mol. The first-order valence-corrected chi connectivity index (χ1v) is 10.3. The van der Waals surface area contributed by atoms with Gasteiger partial charge < -0.3 is 9.73 Å². The largest absolute Gasteiger partial charge is 0.441 e. The molecule has 7 nitrogen and oxygen atoms in total. The van der Waals surface area contributed by atoms with Gasteiger partial charge in [0.1, 0.15) is 11.8 Å². The third kappa shape index (κ3) is 3.79. The maximum atomic E-state index is 12.9. The maximum Gasteiger partial charge on any atom is 0.247 e. The van der Waals surface area contributed by atoms with E-state index in [1.54, 1.807) is 22.8 Å². The first-order valence-electron chi connectivity index (χ1n) is 9.00. The first kappa shape index (κ1) is 19.3. The van der Waals surface area contributed by atoms with Crippen LogP contribution in [0.3, 0.4) is 0 Å². The number of benzene rings is 1. The zero-order chi connectivity index (χ0) is 20.5. The van der Waals surface area contributed by atoms with Crippen LogP contribution in [-0.4, -0.2) is 25.7 Å². The molecule has 0 spiro atoms. The summed E-state index contributed by atoms with van der Waals surface area (Å²) in [5.74, 6) is 1.75. The highest BCUT2D eigenvalue weighted by Gasteiger charge is 2.21. The summed E-state index contributed by atoms with van der Waals surface area (Å²) < 4.78 is 7.81. The Morgan fingerprint density at radius 1 is 1.31 bits per heavy atom. The minimum Gasteiger partial charge on any atom is -0.441 e. The quantitative estimate of drug-likeness (QED) is 0.432. The molecule has 0 saturated carbocycles. The summed E-state index contributed by atoms with van der Waals surface area (Å²) in [4.78, 5) is 18.3. The summed E-state index contributed by atoms with van der Waals surface area (Å²) in [7, 11) is 0. The van der Waals surface area contributed by atoms with Crippen molar-refractivity contribution in [3.63, 3.8) is 0 Å². The molecule has 0 aliphatic carbocycles. The average molecular weight is 426 g/mol. The fourth-order valence-corrected chi connectivity index (χ4v) is 3.93.